The fourth-order valence-electron chi connectivity index (χ4n) is 2.82. The molecule has 8 heteroatoms. The average Bonchev–Trinajstić information content (AvgIpc) is 2.77. The summed E-state index contributed by atoms with van der Waals surface area (Å²) in [6, 6.07) is -2.34. The van der Waals surface area contributed by atoms with Gasteiger partial charge < -0.3 is 9.84 Å². The number of carboxylic acid groups (broad SMARTS) is 1. The van der Waals surface area contributed by atoms with E-state index in [4.69, 9.17) is 9.84 Å². The Morgan fingerprint density at radius 1 is 1.25 bits per heavy atom. The number of carbonyl (C=O) groups is 2. The van der Waals surface area contributed by atoms with Gasteiger partial charge in [-0.2, -0.15) is 13.2 Å². The predicted octanol–water partition coefficient (Wildman–Crippen LogP) is 2.26. The molecule has 0 aromatic heterocycles. The molecular weight excluding hydrogens is 279 g/mol. The Kier molecular flexibility index (Phi) is 3.18. The van der Waals surface area contributed by atoms with E-state index >= 15 is 0 Å². The van der Waals surface area contributed by atoms with Gasteiger partial charge in [-0.1, -0.05) is 0 Å². The lowest BCUT2D eigenvalue weighted by molar-refractivity contribution is -0.162. The number of hydrogen-bond acceptors (Lipinski definition) is 3. The van der Waals surface area contributed by atoms with Crippen LogP contribution in [-0.4, -0.2) is 45.9 Å². The summed E-state index contributed by atoms with van der Waals surface area (Å²) in [4.78, 5) is 23.8. The Hall–Kier alpha value is -1.47. The highest BCUT2D eigenvalue weighted by atomic mass is 19.4. The lowest BCUT2D eigenvalue weighted by Crippen LogP contribution is -2.47. The van der Waals surface area contributed by atoms with Crippen molar-refractivity contribution in [2.75, 3.05) is 0 Å². The number of ether oxygens (including phenoxy) is 1. The van der Waals surface area contributed by atoms with Gasteiger partial charge in [0.2, 0.25) is 0 Å². The lowest BCUT2D eigenvalue weighted by Gasteiger charge is -2.29. The molecule has 0 unspecified atom stereocenters. The first-order valence-electron chi connectivity index (χ1n) is 6.24. The first-order chi connectivity index (χ1) is 8.93. The molecule has 5 nitrogen and oxygen atoms in total. The highest BCUT2D eigenvalue weighted by Gasteiger charge is 2.73. The molecule has 1 amide bonds. The van der Waals surface area contributed by atoms with Crippen molar-refractivity contribution in [2.45, 2.75) is 51.1 Å². The van der Waals surface area contributed by atoms with E-state index in [1.165, 1.54) is 0 Å². The number of aliphatic carboxylic acids is 1. The van der Waals surface area contributed by atoms with Crippen LogP contribution in [0.4, 0.5) is 18.0 Å². The van der Waals surface area contributed by atoms with Crippen molar-refractivity contribution < 1.29 is 32.6 Å². The first-order valence-corrected chi connectivity index (χ1v) is 6.24. The summed E-state index contributed by atoms with van der Waals surface area (Å²) in [5.74, 6) is -3.77. The van der Waals surface area contributed by atoms with Crippen molar-refractivity contribution in [1.29, 1.82) is 0 Å². The summed E-state index contributed by atoms with van der Waals surface area (Å²) >= 11 is 0. The van der Waals surface area contributed by atoms with Gasteiger partial charge in [0.25, 0.3) is 0 Å². The summed E-state index contributed by atoms with van der Waals surface area (Å²) in [5, 5.41) is 9.03. The van der Waals surface area contributed by atoms with E-state index in [0.29, 0.717) is 0 Å². The van der Waals surface area contributed by atoms with Gasteiger partial charge in [0.1, 0.15) is 11.6 Å². The molecule has 2 fully saturated rings. The second-order valence-electron chi connectivity index (χ2n) is 6.20. The second-order valence-corrected chi connectivity index (χ2v) is 6.20. The zero-order valence-electron chi connectivity index (χ0n) is 11.3. The number of nitrogens with zero attached hydrogens (tertiary/aromatic N) is 1. The fraction of sp³-hybridized carbons (Fsp3) is 0.833. The zero-order valence-corrected chi connectivity index (χ0v) is 11.3. The highest BCUT2D eigenvalue weighted by molar-refractivity contribution is 5.82. The standard InChI is InChI=1S/C12H16F3NO4/c1-11(2,3)20-10(19)16-6(9(17)18)4-5-7(8(5)16)12(13,14)15/h5-8H,4H2,1-3H3,(H,17,18)/t5-,6-,7+,8+/m0/s1. The second kappa shape index (κ2) is 4.26. The van der Waals surface area contributed by atoms with E-state index < -0.39 is 47.8 Å². The molecule has 1 saturated heterocycles. The molecule has 2 aliphatic rings. The molecule has 114 valence electrons. The Morgan fingerprint density at radius 3 is 2.20 bits per heavy atom. The van der Waals surface area contributed by atoms with Crippen molar-refractivity contribution in [3.05, 3.63) is 0 Å². The van der Waals surface area contributed by atoms with Crippen LogP contribution in [0.2, 0.25) is 0 Å². The van der Waals surface area contributed by atoms with Crippen molar-refractivity contribution in [2.24, 2.45) is 11.8 Å². The topological polar surface area (TPSA) is 66.8 Å². The third-order valence-electron chi connectivity index (χ3n) is 3.55. The first kappa shape index (κ1) is 14.9. The molecule has 4 atom stereocenters. The number of carbonyl (C=O) groups excluding carboxylic acids is 1. The number of halogens is 3. The minimum absolute atomic E-state index is 0.177. The SMILES string of the molecule is CC(C)(C)OC(=O)N1[C@@H]2[C@@H](C[C@H]1C(=O)O)[C@H]2C(F)(F)F. The molecule has 20 heavy (non-hydrogen) atoms. The van der Waals surface area contributed by atoms with Crippen LogP contribution in [0.1, 0.15) is 27.2 Å². The number of alkyl halides is 3. The van der Waals surface area contributed by atoms with Crippen molar-refractivity contribution >= 4 is 12.1 Å². The molecule has 0 bridgehead atoms. The number of likely N-dealkylation sites (tertiary alicyclic amines) is 1. The van der Waals surface area contributed by atoms with E-state index in [1.54, 1.807) is 20.8 Å². The minimum Gasteiger partial charge on any atom is -0.480 e. The summed E-state index contributed by atoms with van der Waals surface area (Å²) in [6.45, 7) is 4.72. The largest absolute Gasteiger partial charge is 0.480 e. The van der Waals surface area contributed by atoms with Crippen molar-refractivity contribution in [1.82, 2.24) is 4.90 Å². The van der Waals surface area contributed by atoms with Gasteiger partial charge in [-0.15, -0.1) is 0 Å². The molecule has 1 N–H and O–H groups in total. The van der Waals surface area contributed by atoms with Crippen molar-refractivity contribution in [3.8, 4) is 0 Å². The number of hydrogen-bond donors (Lipinski definition) is 1. The van der Waals surface area contributed by atoms with Gasteiger partial charge in [0.05, 0.1) is 12.0 Å². The lowest BCUT2D eigenvalue weighted by atomic mass is 10.1. The molecule has 0 radical (unpaired) electrons. The zero-order chi connectivity index (χ0) is 15.5. The molecule has 0 spiro atoms. The molecular formula is C12H16F3NO4. The molecule has 1 aliphatic carbocycles. The average molecular weight is 295 g/mol. The maximum atomic E-state index is 12.7. The van der Waals surface area contributed by atoms with Gasteiger partial charge >= 0.3 is 18.2 Å². The number of carboxylic acids is 1. The quantitative estimate of drug-likeness (QED) is 0.805. The molecule has 2 rings (SSSR count). The molecule has 0 aromatic carbocycles. The van der Waals surface area contributed by atoms with Crippen LogP contribution >= 0.6 is 0 Å². The van der Waals surface area contributed by atoms with Crippen LogP contribution in [0.15, 0.2) is 0 Å². The highest BCUT2D eigenvalue weighted by Crippen LogP contribution is 2.60. The summed E-state index contributed by atoms with van der Waals surface area (Å²) in [7, 11) is 0. The molecule has 0 aromatic rings. The summed E-state index contributed by atoms with van der Waals surface area (Å²) in [6.07, 6.45) is -5.59. The Balaban J connectivity index is 2.18. The Labute approximate surface area is 113 Å². The van der Waals surface area contributed by atoms with Crippen molar-refractivity contribution in [3.63, 3.8) is 0 Å². The third-order valence-corrected chi connectivity index (χ3v) is 3.55. The number of rotatable bonds is 1. The number of fused-ring (bicyclic) bond motifs is 1. The van der Waals surface area contributed by atoms with Gasteiger partial charge in [-0.25, -0.2) is 9.59 Å². The van der Waals surface area contributed by atoms with E-state index in [2.05, 4.69) is 0 Å². The van der Waals surface area contributed by atoms with Gasteiger partial charge in [-0.3, -0.25) is 4.90 Å². The maximum absolute atomic E-state index is 12.7. The van der Waals surface area contributed by atoms with Crippen LogP contribution < -0.4 is 0 Å². The monoisotopic (exact) mass is 295 g/mol. The smallest absolute Gasteiger partial charge is 0.411 e. The molecule has 1 saturated carbocycles. The Bertz CT molecular complexity index is 443. The van der Waals surface area contributed by atoms with E-state index in [-0.39, 0.29) is 6.42 Å². The normalized spacial score (nSPS) is 32.8. The van der Waals surface area contributed by atoms with Crippen LogP contribution in [0.3, 0.4) is 0 Å². The van der Waals surface area contributed by atoms with Crippen LogP contribution in [0.5, 0.6) is 0 Å². The van der Waals surface area contributed by atoms with Gasteiger partial charge in [0.15, 0.2) is 0 Å². The number of amides is 1. The summed E-state index contributed by atoms with van der Waals surface area (Å²) in [5.41, 5.74) is -0.888. The minimum atomic E-state index is -4.42. The fourth-order valence-corrected chi connectivity index (χ4v) is 2.82. The molecule has 1 heterocycles. The van der Waals surface area contributed by atoms with E-state index in [9.17, 15) is 22.8 Å². The van der Waals surface area contributed by atoms with Crippen LogP contribution in [-0.2, 0) is 9.53 Å². The maximum Gasteiger partial charge on any atom is 0.411 e. The van der Waals surface area contributed by atoms with E-state index in [0.717, 1.165) is 4.90 Å². The van der Waals surface area contributed by atoms with E-state index in [1.807, 2.05) is 0 Å². The van der Waals surface area contributed by atoms with Crippen LogP contribution in [0, 0.1) is 11.8 Å². The Morgan fingerprint density at radius 2 is 1.80 bits per heavy atom. The van der Waals surface area contributed by atoms with Gasteiger partial charge in [-0.05, 0) is 33.1 Å². The van der Waals surface area contributed by atoms with Crippen LogP contribution in [0.25, 0.3) is 0 Å². The predicted molar refractivity (Wildman–Crippen MR) is 60.9 cm³/mol. The summed E-state index contributed by atoms with van der Waals surface area (Å²) < 4.78 is 43.2. The molecule has 1 aliphatic heterocycles. The third kappa shape index (κ3) is 2.55. The van der Waals surface area contributed by atoms with Gasteiger partial charge in [0, 0.05) is 0 Å². The number of piperidine rings is 1.